The first-order valence-corrected chi connectivity index (χ1v) is 9.03. The van der Waals surface area contributed by atoms with E-state index in [2.05, 4.69) is 0 Å². The standard InChI is InChI=1S/C11H13NO6S2/c13-11(14)9-3-1-2-4-10(9)20(17,18)12-5-7-19(15,16)8-6-12/h1-4H,5-8H2,(H,13,14). The Balaban J connectivity index is 2.40. The van der Waals surface area contributed by atoms with Crippen molar-refractivity contribution in [2.75, 3.05) is 24.6 Å². The third kappa shape index (κ3) is 2.84. The van der Waals surface area contributed by atoms with E-state index in [9.17, 15) is 21.6 Å². The van der Waals surface area contributed by atoms with Crippen LogP contribution in [0.4, 0.5) is 0 Å². The highest BCUT2D eigenvalue weighted by Crippen LogP contribution is 2.22. The van der Waals surface area contributed by atoms with E-state index in [0.717, 1.165) is 4.31 Å². The lowest BCUT2D eigenvalue weighted by atomic mass is 10.2. The fourth-order valence-electron chi connectivity index (χ4n) is 1.94. The average Bonchev–Trinajstić information content (AvgIpc) is 2.38. The summed E-state index contributed by atoms with van der Waals surface area (Å²) in [6.45, 7) is -0.308. The molecule has 1 N–H and O–H groups in total. The summed E-state index contributed by atoms with van der Waals surface area (Å²) < 4.78 is 48.4. The molecule has 1 aromatic carbocycles. The summed E-state index contributed by atoms with van der Waals surface area (Å²) in [5.74, 6) is -1.84. The van der Waals surface area contributed by atoms with Crippen molar-refractivity contribution in [2.45, 2.75) is 4.90 Å². The highest BCUT2D eigenvalue weighted by atomic mass is 32.2. The van der Waals surface area contributed by atoms with Crippen LogP contribution in [0.5, 0.6) is 0 Å². The Morgan fingerprint density at radius 3 is 2.25 bits per heavy atom. The lowest BCUT2D eigenvalue weighted by molar-refractivity contribution is 0.0692. The van der Waals surface area contributed by atoms with E-state index >= 15 is 0 Å². The third-order valence-electron chi connectivity index (χ3n) is 3.04. The topological polar surface area (TPSA) is 109 Å². The Morgan fingerprint density at radius 1 is 1.15 bits per heavy atom. The van der Waals surface area contributed by atoms with Crippen molar-refractivity contribution in [3.8, 4) is 0 Å². The van der Waals surface area contributed by atoms with Crippen molar-refractivity contribution in [3.63, 3.8) is 0 Å². The van der Waals surface area contributed by atoms with Crippen LogP contribution < -0.4 is 0 Å². The Labute approximate surface area is 116 Å². The van der Waals surface area contributed by atoms with E-state index in [4.69, 9.17) is 5.11 Å². The summed E-state index contributed by atoms with van der Waals surface area (Å²) in [5, 5.41) is 9.03. The summed E-state index contributed by atoms with van der Waals surface area (Å²) in [7, 11) is -7.21. The first-order valence-electron chi connectivity index (χ1n) is 5.77. The number of sulfonamides is 1. The van der Waals surface area contributed by atoms with Gasteiger partial charge in [0.1, 0.15) is 0 Å². The number of rotatable bonds is 3. The molecule has 0 atom stereocenters. The number of carboxylic acids is 1. The largest absolute Gasteiger partial charge is 0.478 e. The molecule has 1 aromatic rings. The molecule has 7 nitrogen and oxygen atoms in total. The number of hydrogen-bond donors (Lipinski definition) is 1. The molecular formula is C11H13NO6S2. The minimum atomic E-state index is -4.00. The summed E-state index contributed by atoms with van der Waals surface area (Å²) in [4.78, 5) is 10.8. The van der Waals surface area contributed by atoms with Crippen molar-refractivity contribution < 1.29 is 26.7 Å². The molecule has 0 unspecified atom stereocenters. The molecule has 110 valence electrons. The minimum absolute atomic E-state index is 0.154. The second-order valence-electron chi connectivity index (χ2n) is 4.36. The highest BCUT2D eigenvalue weighted by molar-refractivity contribution is 7.92. The van der Waals surface area contributed by atoms with E-state index in [1.807, 2.05) is 0 Å². The molecule has 1 aliphatic heterocycles. The molecule has 2 rings (SSSR count). The number of sulfone groups is 1. The predicted octanol–water partition coefficient (Wildman–Crippen LogP) is -0.196. The molecule has 0 saturated carbocycles. The van der Waals surface area contributed by atoms with Crippen molar-refractivity contribution in [1.29, 1.82) is 0 Å². The lowest BCUT2D eigenvalue weighted by Crippen LogP contribution is -2.43. The second kappa shape index (κ2) is 5.15. The van der Waals surface area contributed by atoms with Gasteiger partial charge in [-0.2, -0.15) is 4.31 Å². The van der Waals surface area contributed by atoms with Crippen LogP contribution in [0, 0.1) is 0 Å². The number of aromatic carboxylic acids is 1. The maximum absolute atomic E-state index is 12.4. The zero-order valence-corrected chi connectivity index (χ0v) is 12.0. The van der Waals surface area contributed by atoms with Crippen molar-refractivity contribution >= 4 is 25.8 Å². The first-order chi connectivity index (χ1) is 9.24. The first kappa shape index (κ1) is 14.9. The molecule has 1 saturated heterocycles. The summed E-state index contributed by atoms with van der Waals surface area (Å²) in [5.41, 5.74) is -0.319. The fourth-order valence-corrected chi connectivity index (χ4v) is 5.00. The van der Waals surface area contributed by atoms with Crippen LogP contribution in [0.3, 0.4) is 0 Å². The molecule has 0 aromatic heterocycles. The van der Waals surface area contributed by atoms with Crippen LogP contribution in [0.25, 0.3) is 0 Å². The molecule has 1 heterocycles. The van der Waals surface area contributed by atoms with Gasteiger partial charge in [0.05, 0.1) is 22.0 Å². The van der Waals surface area contributed by atoms with Crippen LogP contribution >= 0.6 is 0 Å². The van der Waals surface area contributed by atoms with Crippen LogP contribution in [-0.2, 0) is 19.9 Å². The molecule has 20 heavy (non-hydrogen) atoms. The molecule has 1 fully saturated rings. The number of carbonyl (C=O) groups is 1. The van der Waals surface area contributed by atoms with Gasteiger partial charge in [-0.3, -0.25) is 0 Å². The normalized spacial score (nSPS) is 19.6. The monoisotopic (exact) mass is 319 g/mol. The van der Waals surface area contributed by atoms with Crippen molar-refractivity contribution in [3.05, 3.63) is 29.8 Å². The summed E-state index contributed by atoms with van der Waals surface area (Å²) >= 11 is 0. The van der Waals surface area contributed by atoms with E-state index in [-0.39, 0.29) is 35.1 Å². The van der Waals surface area contributed by atoms with Crippen molar-refractivity contribution in [2.24, 2.45) is 0 Å². The summed E-state index contributed by atoms with van der Waals surface area (Å²) in [6.07, 6.45) is 0. The zero-order valence-electron chi connectivity index (χ0n) is 10.4. The van der Waals surface area contributed by atoms with Gasteiger partial charge in [-0.1, -0.05) is 12.1 Å². The minimum Gasteiger partial charge on any atom is -0.478 e. The third-order valence-corrected chi connectivity index (χ3v) is 6.60. The number of benzene rings is 1. The van der Waals surface area contributed by atoms with Crippen LogP contribution in [0.2, 0.25) is 0 Å². The predicted molar refractivity (Wildman–Crippen MR) is 70.8 cm³/mol. The smallest absolute Gasteiger partial charge is 0.337 e. The Morgan fingerprint density at radius 2 is 1.70 bits per heavy atom. The van der Waals surface area contributed by atoms with Gasteiger partial charge < -0.3 is 5.11 Å². The van der Waals surface area contributed by atoms with Crippen LogP contribution in [0.15, 0.2) is 29.2 Å². The van der Waals surface area contributed by atoms with E-state index < -0.39 is 25.8 Å². The van der Waals surface area contributed by atoms with E-state index in [1.165, 1.54) is 24.3 Å². The highest BCUT2D eigenvalue weighted by Gasteiger charge is 2.33. The van der Waals surface area contributed by atoms with Gasteiger partial charge in [0, 0.05) is 13.1 Å². The van der Waals surface area contributed by atoms with E-state index in [1.54, 1.807) is 0 Å². The molecule has 0 amide bonds. The molecule has 0 radical (unpaired) electrons. The number of hydrogen-bond acceptors (Lipinski definition) is 5. The fraction of sp³-hybridized carbons (Fsp3) is 0.364. The quantitative estimate of drug-likeness (QED) is 0.826. The van der Waals surface area contributed by atoms with E-state index in [0.29, 0.717) is 0 Å². The maximum atomic E-state index is 12.4. The molecular weight excluding hydrogens is 306 g/mol. The molecule has 0 bridgehead atoms. The molecule has 0 aliphatic carbocycles. The Bertz CT molecular complexity index is 724. The van der Waals surface area contributed by atoms with Crippen molar-refractivity contribution in [1.82, 2.24) is 4.31 Å². The Kier molecular flexibility index (Phi) is 3.85. The van der Waals surface area contributed by atoms with Crippen LogP contribution in [-0.4, -0.2) is 56.8 Å². The van der Waals surface area contributed by atoms with Gasteiger partial charge >= 0.3 is 5.97 Å². The average molecular weight is 319 g/mol. The SMILES string of the molecule is O=C(O)c1ccccc1S(=O)(=O)N1CCS(=O)(=O)CC1. The zero-order chi connectivity index (χ0) is 15.0. The summed E-state index contributed by atoms with van der Waals surface area (Å²) in [6, 6.07) is 5.28. The lowest BCUT2D eigenvalue weighted by Gasteiger charge is -2.26. The van der Waals surface area contributed by atoms with Gasteiger partial charge in [-0.05, 0) is 12.1 Å². The van der Waals surface area contributed by atoms with Crippen LogP contribution in [0.1, 0.15) is 10.4 Å². The molecule has 0 spiro atoms. The molecule has 9 heteroatoms. The maximum Gasteiger partial charge on any atom is 0.337 e. The second-order valence-corrected chi connectivity index (χ2v) is 8.57. The number of carboxylic acid groups (broad SMARTS) is 1. The van der Waals surface area contributed by atoms with Gasteiger partial charge in [-0.15, -0.1) is 0 Å². The number of nitrogens with zero attached hydrogens (tertiary/aromatic N) is 1. The van der Waals surface area contributed by atoms with Gasteiger partial charge in [0.25, 0.3) is 0 Å². The van der Waals surface area contributed by atoms with Gasteiger partial charge in [0.15, 0.2) is 9.84 Å². The van der Waals surface area contributed by atoms with Gasteiger partial charge in [0.2, 0.25) is 10.0 Å². The Hall–Kier alpha value is -1.45. The van der Waals surface area contributed by atoms with Gasteiger partial charge in [-0.25, -0.2) is 21.6 Å². The molecule has 1 aliphatic rings.